The summed E-state index contributed by atoms with van der Waals surface area (Å²) in [7, 11) is 1.66. The zero-order chi connectivity index (χ0) is 14.5. The van der Waals surface area contributed by atoms with Crippen LogP contribution in [0.4, 0.5) is 5.69 Å². The van der Waals surface area contributed by atoms with Gasteiger partial charge in [0.2, 0.25) is 0 Å². The fourth-order valence-electron chi connectivity index (χ4n) is 2.18. The van der Waals surface area contributed by atoms with E-state index < -0.39 is 0 Å². The smallest absolute Gasteiger partial charge is 0.163 e. The molecule has 2 rings (SSSR count). The molecule has 1 aromatic heterocycles. The number of hydrogen-bond donors (Lipinski definition) is 1. The second-order valence-electron chi connectivity index (χ2n) is 4.63. The Morgan fingerprint density at radius 1 is 1.25 bits per heavy atom. The highest BCUT2D eigenvalue weighted by Gasteiger charge is 2.11. The van der Waals surface area contributed by atoms with Crippen LogP contribution < -0.4 is 14.8 Å². The van der Waals surface area contributed by atoms with E-state index in [9.17, 15) is 0 Å². The standard InChI is InChI=1S/C16H21NO2S/c1-5-19-15-10-13(6-7-14(15)18-4)17-12(3)16-11(2)8-9-20-16/h6-10,12,17H,5H2,1-4H3. The minimum atomic E-state index is 0.276. The van der Waals surface area contributed by atoms with Gasteiger partial charge in [-0.1, -0.05) is 0 Å². The number of rotatable bonds is 6. The number of methoxy groups -OCH3 is 1. The molecule has 0 amide bonds. The topological polar surface area (TPSA) is 30.5 Å². The van der Waals surface area contributed by atoms with Gasteiger partial charge in [0.25, 0.3) is 0 Å². The predicted molar refractivity (Wildman–Crippen MR) is 85.3 cm³/mol. The van der Waals surface area contributed by atoms with Crippen molar-refractivity contribution in [2.24, 2.45) is 0 Å². The van der Waals surface area contributed by atoms with Gasteiger partial charge in [0.05, 0.1) is 19.8 Å². The van der Waals surface area contributed by atoms with Crippen molar-refractivity contribution >= 4 is 17.0 Å². The Morgan fingerprint density at radius 2 is 2.05 bits per heavy atom. The molecule has 0 saturated heterocycles. The van der Waals surface area contributed by atoms with Crippen molar-refractivity contribution in [1.82, 2.24) is 0 Å². The number of nitrogens with one attached hydrogen (secondary N) is 1. The van der Waals surface area contributed by atoms with E-state index in [-0.39, 0.29) is 6.04 Å². The maximum absolute atomic E-state index is 5.60. The van der Waals surface area contributed by atoms with Gasteiger partial charge >= 0.3 is 0 Å². The minimum Gasteiger partial charge on any atom is -0.493 e. The molecular formula is C16H21NO2S. The van der Waals surface area contributed by atoms with Crippen molar-refractivity contribution < 1.29 is 9.47 Å². The van der Waals surface area contributed by atoms with Crippen LogP contribution in [-0.4, -0.2) is 13.7 Å². The number of benzene rings is 1. The third-order valence-corrected chi connectivity index (χ3v) is 4.34. The average molecular weight is 291 g/mol. The van der Waals surface area contributed by atoms with Crippen LogP contribution in [0.5, 0.6) is 11.5 Å². The summed E-state index contributed by atoms with van der Waals surface area (Å²) in [5, 5.41) is 5.64. The summed E-state index contributed by atoms with van der Waals surface area (Å²) in [5.74, 6) is 1.53. The molecule has 0 saturated carbocycles. The molecule has 3 nitrogen and oxygen atoms in total. The molecule has 1 atom stereocenters. The Bertz CT molecular complexity index is 565. The first kappa shape index (κ1) is 14.7. The Kier molecular flexibility index (Phi) is 4.90. The third kappa shape index (κ3) is 3.25. The summed E-state index contributed by atoms with van der Waals surface area (Å²) in [6.45, 7) is 6.91. The second kappa shape index (κ2) is 6.66. The number of hydrogen-bond acceptors (Lipinski definition) is 4. The van der Waals surface area contributed by atoms with Crippen LogP contribution in [0.2, 0.25) is 0 Å². The van der Waals surface area contributed by atoms with Gasteiger partial charge in [-0.25, -0.2) is 0 Å². The van der Waals surface area contributed by atoms with Crippen molar-refractivity contribution in [3.05, 3.63) is 40.1 Å². The zero-order valence-corrected chi connectivity index (χ0v) is 13.2. The van der Waals surface area contributed by atoms with Crippen molar-refractivity contribution in [3.63, 3.8) is 0 Å². The van der Waals surface area contributed by atoms with E-state index in [2.05, 4.69) is 30.6 Å². The zero-order valence-electron chi connectivity index (χ0n) is 12.4. The van der Waals surface area contributed by atoms with Gasteiger partial charge in [0, 0.05) is 16.6 Å². The maximum Gasteiger partial charge on any atom is 0.163 e. The second-order valence-corrected chi connectivity index (χ2v) is 5.58. The van der Waals surface area contributed by atoms with Crippen LogP contribution in [0, 0.1) is 6.92 Å². The molecule has 20 heavy (non-hydrogen) atoms. The highest BCUT2D eigenvalue weighted by molar-refractivity contribution is 7.10. The molecule has 108 valence electrons. The molecular weight excluding hydrogens is 270 g/mol. The Labute approximate surface area is 124 Å². The van der Waals surface area contributed by atoms with Crippen molar-refractivity contribution in [2.45, 2.75) is 26.8 Å². The maximum atomic E-state index is 5.60. The van der Waals surface area contributed by atoms with Crippen molar-refractivity contribution in [1.29, 1.82) is 0 Å². The highest BCUT2D eigenvalue weighted by Crippen LogP contribution is 2.33. The molecule has 4 heteroatoms. The molecule has 2 aromatic rings. The Morgan fingerprint density at radius 3 is 2.65 bits per heavy atom. The van der Waals surface area contributed by atoms with Crippen LogP contribution in [0.25, 0.3) is 0 Å². The van der Waals surface area contributed by atoms with E-state index in [4.69, 9.17) is 9.47 Å². The van der Waals surface area contributed by atoms with Gasteiger partial charge in [0.15, 0.2) is 11.5 Å². The summed E-state index contributed by atoms with van der Waals surface area (Å²) in [6.07, 6.45) is 0. The fraction of sp³-hybridized carbons (Fsp3) is 0.375. The quantitative estimate of drug-likeness (QED) is 0.841. The average Bonchev–Trinajstić information content (AvgIpc) is 2.86. The van der Waals surface area contributed by atoms with Crippen LogP contribution in [0.3, 0.4) is 0 Å². The number of ether oxygens (including phenoxy) is 2. The van der Waals surface area contributed by atoms with E-state index in [1.807, 2.05) is 25.1 Å². The Balaban J connectivity index is 2.17. The summed E-state index contributed by atoms with van der Waals surface area (Å²) in [6, 6.07) is 8.36. The van der Waals surface area contributed by atoms with Gasteiger partial charge in [-0.05, 0) is 49.9 Å². The van der Waals surface area contributed by atoms with Crippen LogP contribution >= 0.6 is 11.3 Å². The monoisotopic (exact) mass is 291 g/mol. The summed E-state index contributed by atoms with van der Waals surface area (Å²) in [4.78, 5) is 1.36. The normalized spacial score (nSPS) is 12.0. The number of anilines is 1. The summed E-state index contributed by atoms with van der Waals surface area (Å²) in [5.41, 5.74) is 2.36. The molecule has 1 aromatic carbocycles. The van der Waals surface area contributed by atoms with E-state index >= 15 is 0 Å². The van der Waals surface area contributed by atoms with E-state index in [0.29, 0.717) is 6.61 Å². The van der Waals surface area contributed by atoms with Gasteiger partial charge in [-0.3, -0.25) is 0 Å². The molecule has 0 aliphatic heterocycles. The minimum absolute atomic E-state index is 0.276. The van der Waals surface area contributed by atoms with Gasteiger partial charge in [0.1, 0.15) is 0 Å². The molecule has 1 heterocycles. The number of aryl methyl sites for hydroxylation is 1. The van der Waals surface area contributed by atoms with Gasteiger partial charge in [-0.2, -0.15) is 0 Å². The lowest BCUT2D eigenvalue weighted by atomic mass is 10.2. The predicted octanol–water partition coefficient (Wildman–Crippen LogP) is 4.64. The molecule has 1 unspecified atom stereocenters. The largest absolute Gasteiger partial charge is 0.493 e. The molecule has 0 fully saturated rings. The molecule has 1 N–H and O–H groups in total. The first-order valence-electron chi connectivity index (χ1n) is 6.77. The molecule has 0 spiro atoms. The van der Waals surface area contributed by atoms with Crippen LogP contribution in [0.15, 0.2) is 29.6 Å². The first-order chi connectivity index (χ1) is 9.65. The summed E-state index contributed by atoms with van der Waals surface area (Å²) >= 11 is 1.78. The Hall–Kier alpha value is -1.68. The van der Waals surface area contributed by atoms with Crippen LogP contribution in [0.1, 0.15) is 30.3 Å². The summed E-state index contributed by atoms with van der Waals surface area (Å²) < 4.78 is 10.9. The lowest BCUT2D eigenvalue weighted by Gasteiger charge is -2.17. The SMILES string of the molecule is CCOc1cc(NC(C)c2sccc2C)ccc1OC. The molecule has 0 aliphatic rings. The highest BCUT2D eigenvalue weighted by atomic mass is 32.1. The van der Waals surface area contributed by atoms with Gasteiger partial charge in [-0.15, -0.1) is 11.3 Å². The number of thiophene rings is 1. The van der Waals surface area contributed by atoms with E-state index in [1.165, 1.54) is 10.4 Å². The van der Waals surface area contributed by atoms with Gasteiger partial charge < -0.3 is 14.8 Å². The molecule has 0 aliphatic carbocycles. The lowest BCUT2D eigenvalue weighted by molar-refractivity contribution is 0.311. The first-order valence-corrected chi connectivity index (χ1v) is 7.65. The molecule has 0 bridgehead atoms. The van der Waals surface area contributed by atoms with E-state index in [1.54, 1.807) is 18.4 Å². The van der Waals surface area contributed by atoms with Crippen molar-refractivity contribution in [2.75, 3.05) is 19.0 Å². The fourth-order valence-corrected chi connectivity index (χ4v) is 3.11. The third-order valence-electron chi connectivity index (χ3n) is 3.14. The van der Waals surface area contributed by atoms with E-state index in [0.717, 1.165) is 17.2 Å². The van der Waals surface area contributed by atoms with Crippen LogP contribution in [-0.2, 0) is 0 Å². The molecule has 0 radical (unpaired) electrons. The van der Waals surface area contributed by atoms with Crippen molar-refractivity contribution in [3.8, 4) is 11.5 Å². The lowest BCUT2D eigenvalue weighted by Crippen LogP contribution is -2.06.